The molecule has 0 saturated carbocycles. The second kappa shape index (κ2) is 8.19. The van der Waals surface area contributed by atoms with Gasteiger partial charge >= 0.3 is 0 Å². The van der Waals surface area contributed by atoms with E-state index in [1.807, 2.05) is 18.5 Å². The topological polar surface area (TPSA) is 106 Å². The van der Waals surface area contributed by atoms with E-state index in [4.69, 9.17) is 0 Å². The Hall–Kier alpha value is -1.91. The predicted molar refractivity (Wildman–Crippen MR) is 102 cm³/mol. The SMILES string of the molecule is Cc1nnc(S[C@H](C)C(=O)Nc2ccc(S(=O)(=O)NC(C)C)cc2)n1C. The zero-order valence-corrected chi connectivity index (χ0v) is 17.0. The number of aryl methyl sites for hydroxylation is 1. The van der Waals surface area contributed by atoms with Crippen LogP contribution < -0.4 is 10.0 Å². The third-order valence-corrected chi connectivity index (χ3v) is 6.34. The number of amides is 1. The van der Waals surface area contributed by atoms with E-state index in [0.717, 1.165) is 5.82 Å². The van der Waals surface area contributed by atoms with Crippen molar-refractivity contribution >= 4 is 33.4 Å². The number of hydrogen-bond acceptors (Lipinski definition) is 6. The number of thioether (sulfide) groups is 1. The van der Waals surface area contributed by atoms with E-state index in [1.165, 1.54) is 23.9 Å². The molecule has 0 saturated heterocycles. The van der Waals surface area contributed by atoms with Crippen LogP contribution in [0.5, 0.6) is 0 Å². The third-order valence-electron chi connectivity index (χ3n) is 3.53. The Morgan fingerprint density at radius 2 is 1.77 bits per heavy atom. The van der Waals surface area contributed by atoms with E-state index in [9.17, 15) is 13.2 Å². The molecule has 26 heavy (non-hydrogen) atoms. The molecule has 0 spiro atoms. The Balaban J connectivity index is 2.02. The Morgan fingerprint density at radius 3 is 2.27 bits per heavy atom. The third kappa shape index (κ3) is 5.05. The summed E-state index contributed by atoms with van der Waals surface area (Å²) in [5, 5.41) is 11.0. The molecular weight excluding hydrogens is 374 g/mol. The van der Waals surface area contributed by atoms with Gasteiger partial charge in [0.1, 0.15) is 5.82 Å². The number of benzene rings is 1. The highest BCUT2D eigenvalue weighted by molar-refractivity contribution is 8.00. The van der Waals surface area contributed by atoms with Gasteiger partial charge in [-0.25, -0.2) is 13.1 Å². The quantitative estimate of drug-likeness (QED) is 0.692. The van der Waals surface area contributed by atoms with Crippen molar-refractivity contribution in [2.75, 3.05) is 5.32 Å². The lowest BCUT2D eigenvalue weighted by molar-refractivity contribution is -0.115. The van der Waals surface area contributed by atoms with Crippen LogP contribution >= 0.6 is 11.8 Å². The molecule has 1 heterocycles. The van der Waals surface area contributed by atoms with Crippen LogP contribution in [0.4, 0.5) is 5.69 Å². The highest BCUT2D eigenvalue weighted by Gasteiger charge is 2.19. The monoisotopic (exact) mass is 397 g/mol. The Labute approximate surface area is 157 Å². The summed E-state index contributed by atoms with van der Waals surface area (Å²) in [6.45, 7) is 7.12. The second-order valence-electron chi connectivity index (χ2n) is 6.14. The fourth-order valence-electron chi connectivity index (χ4n) is 2.04. The number of anilines is 1. The summed E-state index contributed by atoms with van der Waals surface area (Å²) in [6, 6.07) is 5.86. The average molecular weight is 398 g/mol. The van der Waals surface area contributed by atoms with Crippen LogP contribution in [0.1, 0.15) is 26.6 Å². The van der Waals surface area contributed by atoms with Gasteiger partial charge in [0.2, 0.25) is 15.9 Å². The van der Waals surface area contributed by atoms with Crippen molar-refractivity contribution in [1.82, 2.24) is 19.5 Å². The maximum absolute atomic E-state index is 12.3. The van der Waals surface area contributed by atoms with Gasteiger partial charge in [-0.2, -0.15) is 0 Å². The highest BCUT2D eigenvalue weighted by atomic mass is 32.2. The normalized spacial score (nSPS) is 13.0. The number of sulfonamides is 1. The van der Waals surface area contributed by atoms with Gasteiger partial charge in [-0.15, -0.1) is 10.2 Å². The van der Waals surface area contributed by atoms with Gasteiger partial charge < -0.3 is 9.88 Å². The second-order valence-corrected chi connectivity index (χ2v) is 9.16. The van der Waals surface area contributed by atoms with Crippen LogP contribution in [-0.4, -0.2) is 40.4 Å². The molecule has 1 atom stereocenters. The highest BCUT2D eigenvalue weighted by Crippen LogP contribution is 2.23. The van der Waals surface area contributed by atoms with E-state index in [0.29, 0.717) is 10.8 Å². The summed E-state index contributed by atoms with van der Waals surface area (Å²) in [4.78, 5) is 12.5. The summed E-state index contributed by atoms with van der Waals surface area (Å²) in [5.41, 5.74) is 0.528. The van der Waals surface area contributed by atoms with E-state index >= 15 is 0 Å². The lowest BCUT2D eigenvalue weighted by atomic mass is 10.3. The van der Waals surface area contributed by atoms with Gasteiger partial charge in [-0.1, -0.05) is 11.8 Å². The number of aromatic nitrogens is 3. The van der Waals surface area contributed by atoms with Gasteiger partial charge in [0.15, 0.2) is 5.16 Å². The van der Waals surface area contributed by atoms with Crippen LogP contribution in [0.2, 0.25) is 0 Å². The fourth-order valence-corrected chi connectivity index (χ4v) is 4.15. The lowest BCUT2D eigenvalue weighted by Gasteiger charge is -2.13. The van der Waals surface area contributed by atoms with E-state index in [2.05, 4.69) is 20.2 Å². The summed E-state index contributed by atoms with van der Waals surface area (Å²) >= 11 is 1.30. The molecule has 1 aromatic carbocycles. The Bertz CT molecular complexity index is 876. The number of rotatable bonds is 7. The number of carbonyl (C=O) groups excluding carboxylic acids is 1. The lowest BCUT2D eigenvalue weighted by Crippen LogP contribution is -2.30. The first kappa shape index (κ1) is 20.4. The number of nitrogens with zero attached hydrogens (tertiary/aromatic N) is 3. The van der Waals surface area contributed by atoms with Crippen molar-refractivity contribution in [3.63, 3.8) is 0 Å². The van der Waals surface area contributed by atoms with Gasteiger partial charge in [-0.3, -0.25) is 4.79 Å². The number of hydrogen-bond donors (Lipinski definition) is 2. The minimum absolute atomic E-state index is 0.154. The van der Waals surface area contributed by atoms with Crippen molar-refractivity contribution in [2.24, 2.45) is 7.05 Å². The van der Waals surface area contributed by atoms with Gasteiger partial charge in [0.25, 0.3) is 0 Å². The molecule has 2 aromatic rings. The summed E-state index contributed by atoms with van der Waals surface area (Å²) in [5.74, 6) is 0.568. The zero-order chi connectivity index (χ0) is 19.5. The molecular formula is C16H23N5O3S2. The van der Waals surface area contributed by atoms with Crippen molar-refractivity contribution in [3.05, 3.63) is 30.1 Å². The molecule has 0 bridgehead atoms. The average Bonchev–Trinajstić information content (AvgIpc) is 2.86. The minimum Gasteiger partial charge on any atom is -0.325 e. The molecule has 8 nitrogen and oxygen atoms in total. The Kier molecular flexibility index (Phi) is 6.43. The summed E-state index contributed by atoms with van der Waals surface area (Å²) in [7, 11) is -1.71. The van der Waals surface area contributed by atoms with Crippen LogP contribution in [0.25, 0.3) is 0 Å². The molecule has 0 aliphatic carbocycles. The summed E-state index contributed by atoms with van der Waals surface area (Å²) in [6.07, 6.45) is 0. The molecule has 2 rings (SSSR count). The van der Waals surface area contributed by atoms with Crippen molar-refractivity contribution in [2.45, 2.75) is 49.0 Å². The number of carbonyl (C=O) groups is 1. The van der Waals surface area contributed by atoms with Crippen molar-refractivity contribution in [1.29, 1.82) is 0 Å². The molecule has 0 unspecified atom stereocenters. The van der Waals surface area contributed by atoms with E-state index in [1.54, 1.807) is 32.9 Å². The molecule has 0 aliphatic heterocycles. The number of nitrogens with one attached hydrogen (secondary N) is 2. The van der Waals surface area contributed by atoms with Crippen LogP contribution in [0.3, 0.4) is 0 Å². The van der Waals surface area contributed by atoms with Gasteiger partial charge in [-0.05, 0) is 52.0 Å². The van der Waals surface area contributed by atoms with Gasteiger partial charge in [0, 0.05) is 18.8 Å². The van der Waals surface area contributed by atoms with Crippen LogP contribution in [0, 0.1) is 6.92 Å². The van der Waals surface area contributed by atoms with Crippen molar-refractivity contribution < 1.29 is 13.2 Å². The molecule has 1 aromatic heterocycles. The van der Waals surface area contributed by atoms with Crippen LogP contribution in [-0.2, 0) is 21.9 Å². The van der Waals surface area contributed by atoms with E-state index < -0.39 is 10.0 Å². The standard InChI is InChI=1S/C16H23N5O3S2/c1-10(2)20-26(23,24)14-8-6-13(7-9-14)17-15(22)11(3)25-16-19-18-12(4)21(16)5/h6-11,20H,1-5H3,(H,17,22)/t11-/m1/s1. The molecule has 0 fully saturated rings. The van der Waals surface area contributed by atoms with Crippen molar-refractivity contribution in [3.8, 4) is 0 Å². The first-order chi connectivity index (χ1) is 12.1. The predicted octanol–water partition coefficient (Wildman–Crippen LogP) is 1.93. The summed E-state index contributed by atoms with van der Waals surface area (Å²) < 4.78 is 28.5. The Morgan fingerprint density at radius 1 is 1.15 bits per heavy atom. The maximum Gasteiger partial charge on any atom is 0.240 e. The van der Waals surface area contributed by atoms with E-state index in [-0.39, 0.29) is 22.1 Å². The first-order valence-corrected chi connectivity index (χ1v) is 10.4. The molecule has 2 N–H and O–H groups in total. The fraction of sp³-hybridized carbons (Fsp3) is 0.438. The molecule has 1 amide bonds. The largest absolute Gasteiger partial charge is 0.325 e. The molecule has 0 aliphatic rings. The maximum atomic E-state index is 12.3. The van der Waals surface area contributed by atoms with Gasteiger partial charge in [0.05, 0.1) is 10.1 Å². The smallest absolute Gasteiger partial charge is 0.240 e. The minimum atomic E-state index is -3.55. The molecule has 0 radical (unpaired) electrons. The van der Waals surface area contributed by atoms with Crippen LogP contribution in [0.15, 0.2) is 34.3 Å². The zero-order valence-electron chi connectivity index (χ0n) is 15.3. The molecule has 10 heteroatoms. The first-order valence-electron chi connectivity index (χ1n) is 8.06. The molecule has 142 valence electrons.